The number of benzene rings is 2. The number of aryl methyl sites for hydroxylation is 1. The molecule has 1 atom stereocenters. The molecule has 0 bridgehead atoms. The van der Waals surface area contributed by atoms with Gasteiger partial charge in [0.15, 0.2) is 0 Å². The smallest absolute Gasteiger partial charge is 0.146 e. The fourth-order valence-electron chi connectivity index (χ4n) is 2.13. The number of ether oxygens (including phenoxy) is 1. The molecular weight excluding hydrogens is 265 g/mol. The Balaban J connectivity index is 2.04. The van der Waals surface area contributed by atoms with Crippen LogP contribution < -0.4 is 10.1 Å². The largest absolute Gasteiger partial charge is 0.494 e. The Hall–Kier alpha value is -2.03. The number of halogens is 1. The van der Waals surface area contributed by atoms with E-state index in [1.807, 2.05) is 44.2 Å². The van der Waals surface area contributed by atoms with Gasteiger partial charge in [-0.05, 0) is 55.7 Å². The van der Waals surface area contributed by atoms with Crippen molar-refractivity contribution in [3.8, 4) is 5.75 Å². The Morgan fingerprint density at radius 2 is 1.86 bits per heavy atom. The minimum absolute atomic E-state index is 0.0300. The van der Waals surface area contributed by atoms with Crippen molar-refractivity contribution in [3.05, 3.63) is 59.4 Å². The average molecular weight is 287 g/mol. The van der Waals surface area contributed by atoms with Crippen LogP contribution in [0.1, 0.15) is 37.4 Å². The Bertz CT molecular complexity index is 580. The van der Waals surface area contributed by atoms with Crippen LogP contribution in [0, 0.1) is 12.7 Å². The predicted octanol–water partition coefficient (Wildman–Crippen LogP) is 5.10. The number of hydrogen-bond acceptors (Lipinski definition) is 2. The third-order valence-electron chi connectivity index (χ3n) is 3.35. The van der Waals surface area contributed by atoms with Gasteiger partial charge in [-0.15, -0.1) is 0 Å². The normalized spacial score (nSPS) is 12.0. The molecule has 3 heteroatoms. The molecule has 1 N–H and O–H groups in total. The highest BCUT2D eigenvalue weighted by molar-refractivity contribution is 5.48. The van der Waals surface area contributed by atoms with Gasteiger partial charge in [0.05, 0.1) is 12.3 Å². The molecule has 2 rings (SSSR count). The van der Waals surface area contributed by atoms with Crippen molar-refractivity contribution in [1.29, 1.82) is 0 Å². The summed E-state index contributed by atoms with van der Waals surface area (Å²) in [6.45, 7) is 6.70. The molecule has 21 heavy (non-hydrogen) atoms. The lowest BCUT2D eigenvalue weighted by Crippen LogP contribution is -2.08. The zero-order valence-electron chi connectivity index (χ0n) is 12.8. The van der Waals surface area contributed by atoms with E-state index in [9.17, 15) is 4.39 Å². The lowest BCUT2D eigenvalue weighted by molar-refractivity contribution is 0.317. The van der Waals surface area contributed by atoms with Gasteiger partial charge >= 0.3 is 0 Å². The highest BCUT2D eigenvalue weighted by Gasteiger charge is 2.09. The second kappa shape index (κ2) is 7.11. The SMILES string of the molecule is CCCOc1ccc(C(C)Nc2ccc(C)cc2F)cc1. The van der Waals surface area contributed by atoms with Crippen molar-refractivity contribution in [2.45, 2.75) is 33.2 Å². The van der Waals surface area contributed by atoms with Gasteiger partial charge in [-0.1, -0.05) is 25.1 Å². The first kappa shape index (κ1) is 15.4. The highest BCUT2D eigenvalue weighted by atomic mass is 19.1. The van der Waals surface area contributed by atoms with Crippen LogP contribution in [-0.2, 0) is 0 Å². The van der Waals surface area contributed by atoms with Crippen LogP contribution in [0.25, 0.3) is 0 Å². The van der Waals surface area contributed by atoms with Gasteiger partial charge in [0, 0.05) is 6.04 Å². The monoisotopic (exact) mass is 287 g/mol. The second-order valence-electron chi connectivity index (χ2n) is 5.27. The van der Waals surface area contributed by atoms with Gasteiger partial charge in [0.1, 0.15) is 11.6 Å². The molecule has 2 aromatic rings. The van der Waals surface area contributed by atoms with Crippen LogP contribution in [0.15, 0.2) is 42.5 Å². The molecule has 112 valence electrons. The number of hydrogen-bond donors (Lipinski definition) is 1. The Kier molecular flexibility index (Phi) is 5.20. The molecular formula is C18H22FNO. The summed E-state index contributed by atoms with van der Waals surface area (Å²) in [5.41, 5.74) is 2.54. The lowest BCUT2D eigenvalue weighted by atomic mass is 10.1. The summed E-state index contributed by atoms with van der Waals surface area (Å²) < 4.78 is 19.4. The van der Waals surface area contributed by atoms with Gasteiger partial charge in [-0.2, -0.15) is 0 Å². The molecule has 1 unspecified atom stereocenters. The van der Waals surface area contributed by atoms with Crippen molar-refractivity contribution in [1.82, 2.24) is 0 Å². The third-order valence-corrected chi connectivity index (χ3v) is 3.35. The van der Waals surface area contributed by atoms with E-state index in [-0.39, 0.29) is 11.9 Å². The van der Waals surface area contributed by atoms with E-state index in [4.69, 9.17) is 4.74 Å². The standard InChI is InChI=1S/C18H22FNO/c1-4-11-21-16-8-6-15(7-9-16)14(3)20-18-10-5-13(2)12-17(18)19/h5-10,12,14,20H,4,11H2,1-3H3. The number of rotatable bonds is 6. The van der Waals surface area contributed by atoms with Crippen LogP contribution in [0.5, 0.6) is 5.75 Å². The summed E-state index contributed by atoms with van der Waals surface area (Å²) in [7, 11) is 0. The molecule has 0 aliphatic rings. The molecule has 0 heterocycles. The van der Waals surface area contributed by atoms with E-state index in [2.05, 4.69) is 12.2 Å². The minimum atomic E-state index is -0.218. The van der Waals surface area contributed by atoms with E-state index in [0.717, 1.165) is 29.9 Å². The number of anilines is 1. The molecule has 0 saturated carbocycles. The quantitative estimate of drug-likeness (QED) is 0.798. The zero-order chi connectivity index (χ0) is 15.2. The first-order valence-electron chi connectivity index (χ1n) is 7.35. The maximum atomic E-state index is 13.8. The summed E-state index contributed by atoms with van der Waals surface area (Å²) in [6, 6.07) is 13.2. The summed E-state index contributed by atoms with van der Waals surface area (Å²) >= 11 is 0. The molecule has 0 saturated heterocycles. The van der Waals surface area contributed by atoms with Crippen LogP contribution in [0.4, 0.5) is 10.1 Å². The van der Waals surface area contributed by atoms with Crippen molar-refractivity contribution < 1.29 is 9.13 Å². The lowest BCUT2D eigenvalue weighted by Gasteiger charge is -2.17. The van der Waals surface area contributed by atoms with E-state index in [1.165, 1.54) is 6.07 Å². The average Bonchev–Trinajstić information content (AvgIpc) is 2.48. The van der Waals surface area contributed by atoms with Crippen molar-refractivity contribution in [3.63, 3.8) is 0 Å². The Morgan fingerprint density at radius 3 is 2.48 bits per heavy atom. The minimum Gasteiger partial charge on any atom is -0.494 e. The maximum Gasteiger partial charge on any atom is 0.146 e. The summed E-state index contributed by atoms with van der Waals surface area (Å²) in [4.78, 5) is 0. The van der Waals surface area contributed by atoms with Crippen LogP contribution in [0.3, 0.4) is 0 Å². The fraction of sp³-hybridized carbons (Fsp3) is 0.333. The van der Waals surface area contributed by atoms with Crippen LogP contribution in [-0.4, -0.2) is 6.61 Å². The topological polar surface area (TPSA) is 21.3 Å². The van der Waals surface area contributed by atoms with E-state index in [0.29, 0.717) is 5.69 Å². The van der Waals surface area contributed by atoms with E-state index < -0.39 is 0 Å². The zero-order valence-corrected chi connectivity index (χ0v) is 12.8. The van der Waals surface area contributed by atoms with Crippen LogP contribution >= 0.6 is 0 Å². The molecule has 0 aliphatic heterocycles. The molecule has 2 nitrogen and oxygen atoms in total. The Labute approximate surface area is 126 Å². The first-order chi connectivity index (χ1) is 10.1. The molecule has 0 spiro atoms. The fourth-order valence-corrected chi connectivity index (χ4v) is 2.13. The summed E-state index contributed by atoms with van der Waals surface area (Å²) in [6.07, 6.45) is 0.992. The van der Waals surface area contributed by atoms with Crippen molar-refractivity contribution in [2.75, 3.05) is 11.9 Å². The predicted molar refractivity (Wildman–Crippen MR) is 85.4 cm³/mol. The molecule has 2 aromatic carbocycles. The second-order valence-corrected chi connectivity index (χ2v) is 5.27. The summed E-state index contributed by atoms with van der Waals surface area (Å²) in [5, 5.41) is 3.20. The Morgan fingerprint density at radius 1 is 1.14 bits per heavy atom. The van der Waals surface area contributed by atoms with Gasteiger partial charge in [-0.25, -0.2) is 4.39 Å². The molecule has 0 radical (unpaired) electrons. The number of nitrogens with one attached hydrogen (secondary N) is 1. The highest BCUT2D eigenvalue weighted by Crippen LogP contribution is 2.24. The molecule has 0 aromatic heterocycles. The summed E-state index contributed by atoms with van der Waals surface area (Å²) in [5.74, 6) is 0.652. The van der Waals surface area contributed by atoms with E-state index >= 15 is 0 Å². The maximum absolute atomic E-state index is 13.8. The molecule has 0 amide bonds. The van der Waals surface area contributed by atoms with Crippen molar-refractivity contribution in [2.24, 2.45) is 0 Å². The van der Waals surface area contributed by atoms with Gasteiger partial charge in [0.25, 0.3) is 0 Å². The van der Waals surface area contributed by atoms with Gasteiger partial charge in [0.2, 0.25) is 0 Å². The van der Waals surface area contributed by atoms with Gasteiger partial charge < -0.3 is 10.1 Å². The van der Waals surface area contributed by atoms with Crippen LogP contribution in [0.2, 0.25) is 0 Å². The molecule has 0 aliphatic carbocycles. The molecule has 0 fully saturated rings. The van der Waals surface area contributed by atoms with E-state index in [1.54, 1.807) is 6.07 Å². The third kappa shape index (κ3) is 4.22. The van der Waals surface area contributed by atoms with Crippen molar-refractivity contribution >= 4 is 5.69 Å². The van der Waals surface area contributed by atoms with Gasteiger partial charge in [-0.3, -0.25) is 0 Å². The first-order valence-corrected chi connectivity index (χ1v) is 7.35.